The Morgan fingerprint density at radius 1 is 1.11 bits per heavy atom. The van der Waals surface area contributed by atoms with Gasteiger partial charge in [-0.25, -0.2) is 27.7 Å². The van der Waals surface area contributed by atoms with Gasteiger partial charge >= 0.3 is 12.2 Å². The minimum absolute atomic E-state index is 0.0346. The predicted octanol–water partition coefficient (Wildman–Crippen LogP) is 4.73. The molecule has 0 fully saturated rings. The first-order chi connectivity index (χ1) is 17.7. The lowest BCUT2D eigenvalue weighted by molar-refractivity contribution is 0.139. The molecule has 0 saturated carbocycles. The van der Waals surface area contributed by atoms with E-state index < -0.39 is 22.2 Å². The lowest BCUT2D eigenvalue weighted by Gasteiger charge is -2.14. The van der Waals surface area contributed by atoms with Gasteiger partial charge in [-0.3, -0.25) is 4.57 Å². The third-order valence-electron chi connectivity index (χ3n) is 5.34. The molecule has 1 aromatic heterocycles. The third-order valence-corrected chi connectivity index (χ3v) is 7.38. The van der Waals surface area contributed by atoms with Crippen LogP contribution in [-0.2, 0) is 23.0 Å². The third kappa shape index (κ3) is 7.04. The molecule has 0 unspecified atom stereocenters. The van der Waals surface area contributed by atoms with E-state index in [0.717, 1.165) is 12.0 Å². The molecule has 2 amide bonds. The molecule has 10 nitrogen and oxygen atoms in total. The highest BCUT2D eigenvalue weighted by atomic mass is 32.2. The van der Waals surface area contributed by atoms with Crippen molar-refractivity contribution in [1.82, 2.24) is 19.6 Å². The number of carboxylic acid groups (broad SMARTS) is 1. The summed E-state index contributed by atoms with van der Waals surface area (Å²) < 4.78 is 34.9. The number of carbonyl (C=O) groups excluding carboxylic acids is 1. The predicted molar refractivity (Wildman–Crippen MR) is 142 cm³/mol. The van der Waals surface area contributed by atoms with Crippen LogP contribution in [0.2, 0.25) is 0 Å². The Labute approximate surface area is 220 Å². The first-order valence-electron chi connectivity index (χ1n) is 11.7. The molecule has 3 rings (SSSR count). The lowest BCUT2D eigenvalue weighted by atomic mass is 10.0. The van der Waals surface area contributed by atoms with Gasteiger partial charge in [-0.15, -0.1) is 11.8 Å². The highest BCUT2D eigenvalue weighted by molar-refractivity contribution is 7.98. The number of urea groups is 1. The zero-order valence-electron chi connectivity index (χ0n) is 20.9. The highest BCUT2D eigenvalue weighted by Gasteiger charge is 2.23. The SMILES string of the molecule is CCCNC(=O)NS(=O)(=O)c1ccccc1-c1cccc(Cn2c(CCC)nc(SC)c2OC(=O)O)c1. The summed E-state index contributed by atoms with van der Waals surface area (Å²) in [7, 11) is -4.14. The largest absolute Gasteiger partial charge is 0.512 e. The number of rotatable bonds is 11. The Hall–Kier alpha value is -3.51. The summed E-state index contributed by atoms with van der Waals surface area (Å²) in [5.41, 5.74) is 1.83. The fourth-order valence-electron chi connectivity index (χ4n) is 3.76. The van der Waals surface area contributed by atoms with Crippen molar-refractivity contribution in [3.05, 3.63) is 59.9 Å². The molecule has 0 bridgehead atoms. The number of nitrogens with zero attached hydrogens (tertiary/aromatic N) is 2. The molecule has 0 aliphatic carbocycles. The fourth-order valence-corrected chi connectivity index (χ4v) is 5.44. The van der Waals surface area contributed by atoms with Gasteiger partial charge in [0, 0.05) is 18.5 Å². The Bertz CT molecular complexity index is 1370. The van der Waals surface area contributed by atoms with Gasteiger partial charge in [0.05, 0.1) is 11.4 Å². The molecule has 0 aliphatic rings. The van der Waals surface area contributed by atoms with Crippen molar-refractivity contribution in [2.75, 3.05) is 12.8 Å². The van der Waals surface area contributed by atoms with E-state index in [1.807, 2.05) is 26.0 Å². The van der Waals surface area contributed by atoms with E-state index in [4.69, 9.17) is 4.74 Å². The first-order valence-corrected chi connectivity index (χ1v) is 14.4. The van der Waals surface area contributed by atoms with Crippen molar-refractivity contribution in [3.63, 3.8) is 0 Å². The van der Waals surface area contributed by atoms with E-state index in [1.54, 1.807) is 41.2 Å². The van der Waals surface area contributed by atoms with Crippen LogP contribution in [0.1, 0.15) is 38.1 Å². The molecule has 3 aromatic rings. The van der Waals surface area contributed by atoms with Crippen LogP contribution < -0.4 is 14.8 Å². The van der Waals surface area contributed by atoms with Gasteiger partial charge in [-0.2, -0.15) is 0 Å². The molecular formula is C25H30N4O6S2. The number of sulfonamides is 1. The maximum absolute atomic E-state index is 13.0. The minimum atomic E-state index is -4.14. The van der Waals surface area contributed by atoms with Crippen LogP contribution >= 0.6 is 11.8 Å². The van der Waals surface area contributed by atoms with E-state index in [9.17, 15) is 23.1 Å². The summed E-state index contributed by atoms with van der Waals surface area (Å²) in [5.74, 6) is 0.845. The van der Waals surface area contributed by atoms with Gasteiger partial charge in [0.1, 0.15) is 5.82 Å². The van der Waals surface area contributed by atoms with Gasteiger partial charge in [0.15, 0.2) is 5.03 Å². The number of thioether (sulfide) groups is 1. The second-order valence-electron chi connectivity index (χ2n) is 8.10. The number of hydrogen-bond acceptors (Lipinski definition) is 7. The van der Waals surface area contributed by atoms with E-state index in [1.165, 1.54) is 17.8 Å². The van der Waals surface area contributed by atoms with E-state index in [0.29, 0.717) is 41.4 Å². The zero-order chi connectivity index (χ0) is 27.0. The van der Waals surface area contributed by atoms with E-state index in [2.05, 4.69) is 15.0 Å². The molecule has 12 heteroatoms. The second kappa shape index (κ2) is 12.6. The summed E-state index contributed by atoms with van der Waals surface area (Å²) in [5, 5.41) is 12.2. The summed E-state index contributed by atoms with van der Waals surface area (Å²) in [4.78, 5) is 27.9. The number of amides is 2. The van der Waals surface area contributed by atoms with Crippen molar-refractivity contribution in [2.24, 2.45) is 0 Å². The van der Waals surface area contributed by atoms with Crippen LogP contribution in [0.15, 0.2) is 58.5 Å². The molecule has 0 spiro atoms. The summed E-state index contributed by atoms with van der Waals surface area (Å²) >= 11 is 1.30. The molecule has 198 valence electrons. The summed E-state index contributed by atoms with van der Waals surface area (Å²) in [6, 6.07) is 12.9. The van der Waals surface area contributed by atoms with Crippen molar-refractivity contribution in [2.45, 2.75) is 49.6 Å². The molecule has 1 heterocycles. The smallest absolute Gasteiger partial charge is 0.449 e. The van der Waals surface area contributed by atoms with Crippen LogP contribution in [0.4, 0.5) is 9.59 Å². The van der Waals surface area contributed by atoms with Crippen LogP contribution in [0.25, 0.3) is 11.1 Å². The fraction of sp³-hybridized carbons (Fsp3) is 0.320. The molecule has 0 aliphatic heterocycles. The van der Waals surface area contributed by atoms with Gasteiger partial charge in [-0.05, 0) is 42.4 Å². The Morgan fingerprint density at radius 2 is 1.86 bits per heavy atom. The van der Waals surface area contributed by atoms with Gasteiger partial charge in [0.2, 0.25) is 5.88 Å². The number of hydrogen-bond donors (Lipinski definition) is 3. The van der Waals surface area contributed by atoms with Gasteiger partial charge < -0.3 is 15.2 Å². The standard InChI is InChI=1S/C25H30N4O6S2/c1-4-9-21-27-22(36-3)23(35-25(31)32)29(21)16-17-10-8-11-18(15-17)19-12-6-7-13-20(19)37(33,34)28-24(30)26-14-5-2/h6-8,10-13,15H,4-5,9,14,16H2,1-3H3,(H,31,32)(H2,26,28,30). The average molecular weight is 547 g/mol. The molecule has 3 N–H and O–H groups in total. The Balaban J connectivity index is 2.00. The maximum atomic E-state index is 13.0. The van der Waals surface area contributed by atoms with Crippen molar-refractivity contribution < 1.29 is 27.9 Å². The lowest BCUT2D eigenvalue weighted by Crippen LogP contribution is -2.39. The first kappa shape index (κ1) is 28.1. The number of aromatic nitrogens is 2. The van der Waals surface area contributed by atoms with E-state index >= 15 is 0 Å². The van der Waals surface area contributed by atoms with Crippen LogP contribution in [-0.4, -0.2) is 48.1 Å². The average Bonchev–Trinajstić information content (AvgIpc) is 3.18. The molecule has 0 saturated heterocycles. The van der Waals surface area contributed by atoms with Gasteiger partial charge in [0.25, 0.3) is 10.0 Å². The number of ether oxygens (including phenoxy) is 1. The van der Waals surface area contributed by atoms with Crippen molar-refractivity contribution in [3.8, 4) is 17.0 Å². The molecule has 2 aromatic carbocycles. The van der Waals surface area contributed by atoms with Crippen LogP contribution in [0.5, 0.6) is 5.88 Å². The molecule has 37 heavy (non-hydrogen) atoms. The number of carbonyl (C=O) groups is 2. The van der Waals surface area contributed by atoms with Crippen molar-refractivity contribution >= 4 is 34.0 Å². The monoisotopic (exact) mass is 546 g/mol. The van der Waals surface area contributed by atoms with E-state index in [-0.39, 0.29) is 17.3 Å². The molecular weight excluding hydrogens is 516 g/mol. The zero-order valence-corrected chi connectivity index (χ0v) is 22.5. The number of nitrogens with one attached hydrogen (secondary N) is 2. The minimum Gasteiger partial charge on any atom is -0.449 e. The highest BCUT2D eigenvalue weighted by Crippen LogP contribution is 2.32. The summed E-state index contributed by atoms with van der Waals surface area (Å²) in [6.45, 7) is 4.49. The number of aryl methyl sites for hydroxylation is 1. The number of imidazole rings is 1. The second-order valence-corrected chi connectivity index (χ2v) is 10.6. The quantitative estimate of drug-likeness (QED) is 0.232. The molecule has 0 radical (unpaired) electrons. The Kier molecular flexibility index (Phi) is 9.59. The van der Waals surface area contributed by atoms with Crippen LogP contribution in [0, 0.1) is 0 Å². The summed E-state index contributed by atoms with van der Waals surface area (Å²) in [6.07, 6.45) is 2.48. The normalized spacial score (nSPS) is 11.2. The van der Waals surface area contributed by atoms with Crippen molar-refractivity contribution in [1.29, 1.82) is 0 Å². The Morgan fingerprint density at radius 3 is 2.54 bits per heavy atom. The topological polar surface area (TPSA) is 140 Å². The maximum Gasteiger partial charge on any atom is 0.512 e. The molecule has 0 atom stereocenters. The number of benzene rings is 2. The van der Waals surface area contributed by atoms with Gasteiger partial charge in [-0.1, -0.05) is 50.2 Å². The van der Waals surface area contributed by atoms with Crippen LogP contribution in [0.3, 0.4) is 0 Å².